The van der Waals surface area contributed by atoms with Gasteiger partial charge in [0.25, 0.3) is 5.91 Å². The maximum atomic E-state index is 12.3. The SMILES string of the molecule is CC1(CNC(=O)c2cccc(-n3cccn3)n2)CCNCC1.Cl.Cl. The fourth-order valence-corrected chi connectivity index (χ4v) is 2.67. The van der Waals surface area contributed by atoms with Gasteiger partial charge in [-0.3, -0.25) is 4.79 Å². The van der Waals surface area contributed by atoms with Crippen LogP contribution in [-0.4, -0.2) is 40.3 Å². The van der Waals surface area contributed by atoms with Gasteiger partial charge in [-0.1, -0.05) is 13.0 Å². The number of amides is 1. The van der Waals surface area contributed by atoms with Gasteiger partial charge in [0.1, 0.15) is 5.69 Å². The van der Waals surface area contributed by atoms with Gasteiger partial charge in [-0.25, -0.2) is 9.67 Å². The van der Waals surface area contributed by atoms with E-state index in [2.05, 4.69) is 27.6 Å². The molecule has 3 rings (SSSR count). The molecule has 2 aromatic heterocycles. The average molecular weight is 372 g/mol. The van der Waals surface area contributed by atoms with E-state index in [4.69, 9.17) is 0 Å². The summed E-state index contributed by atoms with van der Waals surface area (Å²) >= 11 is 0. The molecule has 0 aliphatic carbocycles. The zero-order valence-corrected chi connectivity index (χ0v) is 15.2. The normalized spacial score (nSPS) is 15.7. The maximum absolute atomic E-state index is 12.3. The summed E-state index contributed by atoms with van der Waals surface area (Å²) < 4.78 is 1.64. The van der Waals surface area contributed by atoms with E-state index in [0.29, 0.717) is 18.1 Å². The second kappa shape index (κ2) is 9.01. The molecule has 0 saturated carbocycles. The molecule has 1 aliphatic heterocycles. The highest BCUT2D eigenvalue weighted by Gasteiger charge is 2.27. The molecule has 8 heteroatoms. The Bertz CT molecular complexity index is 642. The smallest absolute Gasteiger partial charge is 0.269 e. The highest BCUT2D eigenvalue weighted by Crippen LogP contribution is 2.26. The van der Waals surface area contributed by atoms with Crippen molar-refractivity contribution in [3.05, 3.63) is 42.4 Å². The number of nitrogens with one attached hydrogen (secondary N) is 2. The van der Waals surface area contributed by atoms with Crippen molar-refractivity contribution < 1.29 is 4.79 Å². The minimum absolute atomic E-state index is 0. The molecular weight excluding hydrogens is 349 g/mol. The Hall–Kier alpha value is -1.63. The van der Waals surface area contributed by atoms with Crippen LogP contribution in [0.4, 0.5) is 0 Å². The van der Waals surface area contributed by atoms with Gasteiger partial charge in [0.2, 0.25) is 0 Å². The molecule has 24 heavy (non-hydrogen) atoms. The number of carbonyl (C=O) groups is 1. The average Bonchev–Trinajstić information content (AvgIpc) is 3.08. The lowest BCUT2D eigenvalue weighted by molar-refractivity contribution is 0.0917. The van der Waals surface area contributed by atoms with Crippen molar-refractivity contribution in [3.63, 3.8) is 0 Å². The van der Waals surface area contributed by atoms with Crippen LogP contribution in [-0.2, 0) is 0 Å². The summed E-state index contributed by atoms with van der Waals surface area (Å²) in [6, 6.07) is 7.21. The summed E-state index contributed by atoms with van der Waals surface area (Å²) in [6.07, 6.45) is 5.65. The van der Waals surface area contributed by atoms with Gasteiger partial charge in [-0.15, -0.1) is 24.8 Å². The summed E-state index contributed by atoms with van der Waals surface area (Å²) in [6.45, 7) is 4.93. The number of rotatable bonds is 4. The van der Waals surface area contributed by atoms with Crippen molar-refractivity contribution in [1.29, 1.82) is 0 Å². The lowest BCUT2D eigenvalue weighted by Gasteiger charge is -2.34. The Morgan fingerprint density at radius 3 is 2.71 bits per heavy atom. The third kappa shape index (κ3) is 4.93. The van der Waals surface area contributed by atoms with Crippen molar-refractivity contribution in [2.24, 2.45) is 5.41 Å². The molecule has 1 amide bonds. The Kier molecular flexibility index (Phi) is 7.66. The van der Waals surface area contributed by atoms with Crippen molar-refractivity contribution in [2.45, 2.75) is 19.8 Å². The number of piperidine rings is 1. The largest absolute Gasteiger partial charge is 0.350 e. The molecule has 0 unspecified atom stereocenters. The monoisotopic (exact) mass is 371 g/mol. The molecule has 6 nitrogen and oxygen atoms in total. The molecule has 132 valence electrons. The first-order valence-electron chi connectivity index (χ1n) is 7.62. The second-order valence-corrected chi connectivity index (χ2v) is 6.07. The van der Waals surface area contributed by atoms with Gasteiger partial charge in [-0.2, -0.15) is 5.10 Å². The van der Waals surface area contributed by atoms with Gasteiger partial charge in [0.15, 0.2) is 5.82 Å². The summed E-state index contributed by atoms with van der Waals surface area (Å²) in [5.74, 6) is 0.513. The predicted octanol–water partition coefficient (Wildman–Crippen LogP) is 2.23. The molecule has 1 fully saturated rings. The third-order valence-corrected chi connectivity index (χ3v) is 4.19. The summed E-state index contributed by atoms with van der Waals surface area (Å²) in [7, 11) is 0. The summed E-state index contributed by atoms with van der Waals surface area (Å²) in [5, 5.41) is 10.5. The number of pyridine rings is 1. The molecule has 0 radical (unpaired) electrons. The van der Waals surface area contributed by atoms with Crippen LogP contribution in [0.3, 0.4) is 0 Å². The van der Waals surface area contributed by atoms with Crippen LogP contribution >= 0.6 is 24.8 Å². The van der Waals surface area contributed by atoms with Crippen LogP contribution < -0.4 is 10.6 Å². The second-order valence-electron chi connectivity index (χ2n) is 6.07. The van der Waals surface area contributed by atoms with Crippen molar-refractivity contribution in [2.75, 3.05) is 19.6 Å². The first-order chi connectivity index (χ1) is 10.7. The number of hydrogen-bond donors (Lipinski definition) is 2. The minimum Gasteiger partial charge on any atom is -0.350 e. The van der Waals surface area contributed by atoms with Crippen LogP contribution in [0.2, 0.25) is 0 Å². The number of hydrogen-bond acceptors (Lipinski definition) is 4. The molecule has 0 aromatic carbocycles. The van der Waals surface area contributed by atoms with Crippen LogP contribution in [0, 0.1) is 5.41 Å². The number of aromatic nitrogens is 3. The topological polar surface area (TPSA) is 71.8 Å². The van der Waals surface area contributed by atoms with Gasteiger partial charge >= 0.3 is 0 Å². The highest BCUT2D eigenvalue weighted by atomic mass is 35.5. The number of halogens is 2. The van der Waals surface area contributed by atoms with Crippen molar-refractivity contribution in [1.82, 2.24) is 25.4 Å². The van der Waals surface area contributed by atoms with E-state index in [1.165, 1.54) is 0 Å². The first kappa shape index (κ1) is 20.4. The molecule has 0 spiro atoms. The fraction of sp³-hybridized carbons (Fsp3) is 0.438. The Balaban J connectivity index is 0.00000144. The van der Waals surface area contributed by atoms with E-state index in [1.54, 1.807) is 23.1 Å². The molecule has 0 atom stereocenters. The van der Waals surface area contributed by atoms with Gasteiger partial charge in [-0.05, 0) is 49.5 Å². The van der Waals surface area contributed by atoms with E-state index >= 15 is 0 Å². The highest BCUT2D eigenvalue weighted by molar-refractivity contribution is 5.92. The van der Waals surface area contributed by atoms with E-state index < -0.39 is 0 Å². The van der Waals surface area contributed by atoms with Gasteiger partial charge in [0, 0.05) is 18.9 Å². The number of nitrogens with zero attached hydrogens (tertiary/aromatic N) is 3. The lowest BCUT2D eigenvalue weighted by Crippen LogP contribution is -2.43. The Morgan fingerprint density at radius 1 is 1.29 bits per heavy atom. The predicted molar refractivity (Wildman–Crippen MR) is 98.4 cm³/mol. The maximum Gasteiger partial charge on any atom is 0.269 e. The van der Waals surface area contributed by atoms with Crippen molar-refractivity contribution >= 4 is 30.7 Å². The van der Waals surface area contributed by atoms with E-state index in [9.17, 15) is 4.79 Å². The van der Waals surface area contributed by atoms with Gasteiger partial charge in [0.05, 0.1) is 0 Å². The van der Waals surface area contributed by atoms with E-state index in [0.717, 1.165) is 25.9 Å². The Labute approximate surface area is 154 Å². The molecule has 3 heterocycles. The van der Waals surface area contributed by atoms with Crippen LogP contribution in [0.1, 0.15) is 30.3 Å². The quantitative estimate of drug-likeness (QED) is 0.864. The molecule has 2 N–H and O–H groups in total. The first-order valence-corrected chi connectivity index (χ1v) is 7.62. The molecule has 1 saturated heterocycles. The minimum atomic E-state index is -0.131. The standard InChI is InChI=1S/C16H21N5O.2ClH/c1-16(6-9-17-10-7-16)12-18-15(22)13-4-2-5-14(20-13)21-11-3-8-19-21;;/h2-5,8,11,17H,6-7,9-10,12H2,1H3,(H,18,22);2*1H. The van der Waals surface area contributed by atoms with Crippen LogP contribution in [0.25, 0.3) is 5.82 Å². The lowest BCUT2D eigenvalue weighted by atomic mass is 9.81. The molecule has 0 bridgehead atoms. The fourth-order valence-electron chi connectivity index (χ4n) is 2.67. The van der Waals surface area contributed by atoms with E-state index in [1.807, 2.05) is 18.2 Å². The van der Waals surface area contributed by atoms with Crippen LogP contribution in [0.15, 0.2) is 36.7 Å². The summed E-state index contributed by atoms with van der Waals surface area (Å²) in [4.78, 5) is 16.7. The Morgan fingerprint density at radius 2 is 2.04 bits per heavy atom. The summed E-state index contributed by atoms with van der Waals surface area (Å²) in [5.41, 5.74) is 0.589. The van der Waals surface area contributed by atoms with Crippen LogP contribution in [0.5, 0.6) is 0 Å². The molecule has 2 aromatic rings. The molecular formula is C16H23Cl2N5O. The zero-order chi connectivity index (χ0) is 15.4. The number of carbonyl (C=O) groups excluding carboxylic acids is 1. The van der Waals surface area contributed by atoms with Crippen molar-refractivity contribution in [3.8, 4) is 5.82 Å². The third-order valence-electron chi connectivity index (χ3n) is 4.19. The van der Waals surface area contributed by atoms with Gasteiger partial charge < -0.3 is 10.6 Å². The molecule has 1 aliphatic rings. The van der Waals surface area contributed by atoms with E-state index in [-0.39, 0.29) is 36.1 Å². The zero-order valence-electron chi connectivity index (χ0n) is 13.6.